The van der Waals surface area contributed by atoms with Crippen LogP contribution in [0, 0.1) is 0 Å². The predicted molar refractivity (Wildman–Crippen MR) is 126 cm³/mol. The number of hydrogen-bond donors (Lipinski definition) is 0. The molecule has 2 aromatic carbocycles. The first-order valence-electron chi connectivity index (χ1n) is 10.3. The van der Waals surface area contributed by atoms with Crippen molar-refractivity contribution in [3.63, 3.8) is 0 Å². The molecule has 0 bridgehead atoms. The lowest BCUT2D eigenvalue weighted by Crippen LogP contribution is -2.00. The second kappa shape index (κ2) is 14.1. The van der Waals surface area contributed by atoms with Crippen LogP contribution in [0.3, 0.4) is 0 Å². The van der Waals surface area contributed by atoms with E-state index in [4.69, 9.17) is 14.2 Å². The summed E-state index contributed by atoms with van der Waals surface area (Å²) in [6, 6.07) is 10.3. The third-order valence-corrected chi connectivity index (χ3v) is 5.81. The maximum Gasteiger partial charge on any atom is 0.168 e. The Bertz CT molecular complexity index is 691. The zero-order chi connectivity index (χ0) is 20.0. The van der Waals surface area contributed by atoms with Gasteiger partial charge in [-0.25, -0.2) is 0 Å². The molecule has 0 saturated heterocycles. The third kappa shape index (κ3) is 7.82. The molecule has 28 heavy (non-hydrogen) atoms. The molecule has 0 N–H and O–H groups in total. The molecule has 0 amide bonds. The van der Waals surface area contributed by atoms with Crippen molar-refractivity contribution in [3.8, 4) is 17.2 Å². The normalized spacial score (nSPS) is 11.0. The van der Waals surface area contributed by atoms with E-state index < -0.39 is 0 Å². The van der Waals surface area contributed by atoms with Gasteiger partial charge in [0.05, 0.1) is 20.3 Å². The monoisotopic (exact) mass is 514 g/mol. The van der Waals surface area contributed by atoms with Crippen molar-refractivity contribution in [2.24, 2.45) is 0 Å². The van der Waals surface area contributed by atoms with Crippen LogP contribution in [0.1, 0.15) is 51.4 Å². The van der Waals surface area contributed by atoms with Crippen LogP contribution in [0.5, 0.6) is 17.2 Å². The molecule has 0 aromatic heterocycles. The van der Waals surface area contributed by atoms with Crippen molar-refractivity contribution in [2.45, 2.75) is 51.4 Å². The van der Waals surface area contributed by atoms with Gasteiger partial charge in [0, 0.05) is 16.0 Å². The van der Waals surface area contributed by atoms with Crippen LogP contribution in [-0.2, 0) is 0 Å². The molecule has 0 atom stereocenters. The number of benzene rings is 2. The van der Waals surface area contributed by atoms with E-state index in [1.165, 1.54) is 38.5 Å². The fraction of sp³-hybridized carbons (Fsp3) is 0.565. The average Bonchev–Trinajstić information content (AvgIpc) is 2.72. The van der Waals surface area contributed by atoms with E-state index in [-0.39, 0.29) is 0 Å². The maximum atomic E-state index is 5.99. The molecule has 2 rings (SSSR count). The summed E-state index contributed by atoms with van der Waals surface area (Å²) in [4.78, 5) is 0. The number of ether oxygens (including phenoxy) is 3. The molecular formula is C23H32Br2O3. The van der Waals surface area contributed by atoms with Crippen LogP contribution in [-0.4, -0.2) is 31.0 Å². The Labute approximate surface area is 186 Å². The van der Waals surface area contributed by atoms with Crippen molar-refractivity contribution < 1.29 is 14.2 Å². The van der Waals surface area contributed by atoms with Gasteiger partial charge < -0.3 is 14.2 Å². The van der Waals surface area contributed by atoms with E-state index in [0.29, 0.717) is 0 Å². The van der Waals surface area contributed by atoms with Crippen LogP contribution < -0.4 is 14.2 Å². The second-order valence-electron chi connectivity index (χ2n) is 6.88. The fourth-order valence-electron chi connectivity index (χ4n) is 3.15. The Balaban J connectivity index is 1.91. The lowest BCUT2D eigenvalue weighted by molar-refractivity contribution is 0.286. The molecule has 0 aliphatic carbocycles. The van der Waals surface area contributed by atoms with Crippen molar-refractivity contribution >= 4 is 42.6 Å². The van der Waals surface area contributed by atoms with Crippen LogP contribution in [0.15, 0.2) is 30.3 Å². The molecule has 0 aliphatic heterocycles. The van der Waals surface area contributed by atoms with Gasteiger partial charge in [-0.15, -0.1) is 0 Å². The standard InChI is InChI=1S/C23H32Br2O3/c1-26-23-21-12-11-20(27-16-8-4-2-6-14-24)18-19(21)10-13-22(23)28-17-9-5-3-7-15-25/h10-13,18H,2-9,14-17H2,1H3. The number of fused-ring (bicyclic) bond motifs is 1. The second-order valence-corrected chi connectivity index (χ2v) is 8.47. The number of unbranched alkanes of at least 4 members (excludes halogenated alkanes) is 6. The SMILES string of the molecule is COc1c(OCCCCCCBr)ccc2cc(OCCCCCCBr)ccc12. The Hall–Kier alpha value is -0.940. The molecule has 0 unspecified atom stereocenters. The summed E-state index contributed by atoms with van der Waals surface area (Å²) in [6.45, 7) is 1.49. The Morgan fingerprint density at radius 2 is 1.36 bits per heavy atom. The van der Waals surface area contributed by atoms with Gasteiger partial charge in [-0.3, -0.25) is 0 Å². The number of hydrogen-bond acceptors (Lipinski definition) is 3. The number of halogens is 2. The molecule has 2 aromatic rings. The van der Waals surface area contributed by atoms with E-state index in [9.17, 15) is 0 Å². The molecule has 0 spiro atoms. The van der Waals surface area contributed by atoms with Gasteiger partial charge >= 0.3 is 0 Å². The molecule has 0 heterocycles. The first-order chi connectivity index (χ1) is 13.8. The Morgan fingerprint density at radius 3 is 2.00 bits per heavy atom. The summed E-state index contributed by atoms with van der Waals surface area (Å²) in [7, 11) is 1.70. The molecule has 5 heteroatoms. The van der Waals surface area contributed by atoms with Crippen LogP contribution >= 0.6 is 31.9 Å². The summed E-state index contributed by atoms with van der Waals surface area (Å²) in [5.41, 5.74) is 0. The molecule has 0 fully saturated rings. The van der Waals surface area contributed by atoms with Crippen LogP contribution in [0.25, 0.3) is 10.8 Å². The molecule has 156 valence electrons. The first kappa shape index (κ1) is 23.3. The summed E-state index contributed by atoms with van der Waals surface area (Å²) in [6.07, 6.45) is 9.51. The lowest BCUT2D eigenvalue weighted by Gasteiger charge is -2.14. The Kier molecular flexibility index (Phi) is 11.8. The zero-order valence-electron chi connectivity index (χ0n) is 16.9. The van der Waals surface area contributed by atoms with Gasteiger partial charge in [-0.1, -0.05) is 63.6 Å². The summed E-state index contributed by atoms with van der Waals surface area (Å²) < 4.78 is 17.6. The van der Waals surface area contributed by atoms with Crippen molar-refractivity contribution in [1.82, 2.24) is 0 Å². The highest BCUT2D eigenvalue weighted by Gasteiger charge is 2.10. The quantitative estimate of drug-likeness (QED) is 0.181. The van der Waals surface area contributed by atoms with Gasteiger partial charge in [0.1, 0.15) is 5.75 Å². The van der Waals surface area contributed by atoms with Gasteiger partial charge in [0.25, 0.3) is 0 Å². The summed E-state index contributed by atoms with van der Waals surface area (Å²) in [5, 5.41) is 4.33. The molecule has 0 aliphatic rings. The minimum absolute atomic E-state index is 0.723. The van der Waals surface area contributed by atoms with Gasteiger partial charge in [-0.2, -0.15) is 0 Å². The topological polar surface area (TPSA) is 27.7 Å². The van der Waals surface area contributed by atoms with Crippen molar-refractivity contribution in [1.29, 1.82) is 0 Å². The number of alkyl halides is 2. The fourth-order valence-corrected chi connectivity index (χ4v) is 3.94. The predicted octanol–water partition coefficient (Wildman–Crippen LogP) is 7.52. The van der Waals surface area contributed by atoms with Crippen molar-refractivity contribution in [2.75, 3.05) is 31.0 Å². The minimum Gasteiger partial charge on any atom is -0.494 e. The summed E-state index contributed by atoms with van der Waals surface area (Å²) >= 11 is 6.94. The highest BCUT2D eigenvalue weighted by molar-refractivity contribution is 9.09. The smallest absolute Gasteiger partial charge is 0.168 e. The first-order valence-corrected chi connectivity index (χ1v) is 12.5. The van der Waals surface area contributed by atoms with Crippen LogP contribution in [0.2, 0.25) is 0 Å². The lowest BCUT2D eigenvalue weighted by atomic mass is 10.1. The zero-order valence-corrected chi connectivity index (χ0v) is 20.0. The van der Waals surface area contributed by atoms with Gasteiger partial charge in [-0.05, 0) is 55.3 Å². The molecule has 0 saturated carbocycles. The number of methoxy groups -OCH3 is 1. The van der Waals surface area contributed by atoms with Gasteiger partial charge in [0.2, 0.25) is 0 Å². The Morgan fingerprint density at radius 1 is 0.714 bits per heavy atom. The van der Waals surface area contributed by atoms with E-state index >= 15 is 0 Å². The minimum atomic E-state index is 0.723. The van der Waals surface area contributed by atoms with Crippen molar-refractivity contribution in [3.05, 3.63) is 30.3 Å². The van der Waals surface area contributed by atoms with E-state index in [2.05, 4.69) is 50.1 Å². The number of rotatable bonds is 15. The average molecular weight is 516 g/mol. The van der Waals surface area contributed by atoms with Gasteiger partial charge in [0.15, 0.2) is 11.5 Å². The van der Waals surface area contributed by atoms with E-state index in [1.54, 1.807) is 7.11 Å². The van der Waals surface area contributed by atoms with E-state index in [0.717, 1.165) is 64.7 Å². The highest BCUT2D eigenvalue weighted by atomic mass is 79.9. The maximum absolute atomic E-state index is 5.99. The highest BCUT2D eigenvalue weighted by Crippen LogP contribution is 2.37. The van der Waals surface area contributed by atoms with Crippen LogP contribution in [0.4, 0.5) is 0 Å². The molecular weight excluding hydrogens is 484 g/mol. The third-order valence-electron chi connectivity index (χ3n) is 4.69. The summed E-state index contributed by atoms with van der Waals surface area (Å²) in [5.74, 6) is 2.53. The largest absolute Gasteiger partial charge is 0.494 e. The molecule has 0 radical (unpaired) electrons. The van der Waals surface area contributed by atoms with E-state index in [1.807, 2.05) is 12.1 Å². The molecule has 3 nitrogen and oxygen atoms in total.